The number of nitrogens with two attached hydrogens (primary N) is 1. The lowest BCUT2D eigenvalue weighted by molar-refractivity contribution is -0.118. The van der Waals surface area contributed by atoms with Gasteiger partial charge >= 0.3 is 0 Å². The first-order valence-electron chi connectivity index (χ1n) is 6.48. The number of hydrogen-bond acceptors (Lipinski definition) is 4. The number of imidazole rings is 1. The van der Waals surface area contributed by atoms with Gasteiger partial charge in [-0.05, 0) is 24.1 Å². The van der Waals surface area contributed by atoms with E-state index in [0.717, 1.165) is 28.3 Å². The van der Waals surface area contributed by atoms with Gasteiger partial charge in [0.2, 0.25) is 0 Å². The van der Waals surface area contributed by atoms with Gasteiger partial charge in [-0.2, -0.15) is 0 Å². The Kier molecular flexibility index (Phi) is 3.52. The highest BCUT2D eigenvalue weighted by Gasteiger charge is 2.08. The summed E-state index contributed by atoms with van der Waals surface area (Å²) in [6.07, 6.45) is 5.57. The number of rotatable bonds is 5. The first-order valence-corrected chi connectivity index (χ1v) is 7.36. The number of fused-ring (bicyclic) bond motifs is 1. The van der Waals surface area contributed by atoms with Crippen LogP contribution in [0.2, 0.25) is 0 Å². The molecule has 0 aliphatic rings. The van der Waals surface area contributed by atoms with E-state index in [1.54, 1.807) is 11.3 Å². The lowest BCUT2D eigenvalue weighted by atomic mass is 10.1. The standard InChI is InChI=1S/C15H15N3OS/c16-12-4-1-11(2-5-12)3-6-14(19)9-13-10-18-7-8-20-15(18)17-13/h1-2,4-5,7-8,10H,3,6,9,16H2. The van der Waals surface area contributed by atoms with Crippen molar-refractivity contribution in [3.05, 3.63) is 53.3 Å². The maximum absolute atomic E-state index is 12.0. The third kappa shape index (κ3) is 2.88. The van der Waals surface area contributed by atoms with Crippen LogP contribution >= 0.6 is 11.3 Å². The number of benzene rings is 1. The van der Waals surface area contributed by atoms with E-state index < -0.39 is 0 Å². The van der Waals surface area contributed by atoms with Crippen LogP contribution in [0.25, 0.3) is 4.96 Å². The number of carbonyl (C=O) groups excluding carboxylic acids is 1. The molecule has 0 radical (unpaired) electrons. The summed E-state index contributed by atoms with van der Waals surface area (Å²) in [5.41, 5.74) is 8.37. The van der Waals surface area contributed by atoms with Gasteiger partial charge in [-0.15, -0.1) is 11.3 Å². The van der Waals surface area contributed by atoms with Gasteiger partial charge in [-0.3, -0.25) is 9.20 Å². The van der Waals surface area contributed by atoms with E-state index in [0.29, 0.717) is 12.8 Å². The van der Waals surface area contributed by atoms with Gasteiger partial charge in [0.05, 0.1) is 12.1 Å². The number of Topliss-reactive ketones (excluding diaryl/α,β-unsaturated/α-hetero) is 1. The second kappa shape index (κ2) is 5.46. The third-order valence-electron chi connectivity index (χ3n) is 3.19. The largest absolute Gasteiger partial charge is 0.399 e. The number of nitrogen functional groups attached to an aromatic ring is 1. The number of ketones is 1. The molecule has 1 aromatic carbocycles. The molecule has 0 fully saturated rings. The summed E-state index contributed by atoms with van der Waals surface area (Å²) in [5.74, 6) is 0.215. The summed E-state index contributed by atoms with van der Waals surface area (Å²) in [6.45, 7) is 0. The minimum Gasteiger partial charge on any atom is -0.399 e. The zero-order chi connectivity index (χ0) is 13.9. The normalized spacial score (nSPS) is 11.0. The van der Waals surface area contributed by atoms with E-state index in [1.165, 1.54) is 0 Å². The topological polar surface area (TPSA) is 60.4 Å². The molecule has 2 aromatic heterocycles. The van der Waals surface area contributed by atoms with E-state index >= 15 is 0 Å². The van der Waals surface area contributed by atoms with Crippen LogP contribution in [-0.4, -0.2) is 15.2 Å². The van der Waals surface area contributed by atoms with Crippen molar-refractivity contribution < 1.29 is 4.79 Å². The lowest BCUT2D eigenvalue weighted by Crippen LogP contribution is -2.04. The van der Waals surface area contributed by atoms with E-state index in [1.807, 2.05) is 46.4 Å². The Bertz CT molecular complexity index is 699. The number of aromatic nitrogens is 2. The summed E-state index contributed by atoms with van der Waals surface area (Å²) >= 11 is 1.58. The van der Waals surface area contributed by atoms with Crippen molar-refractivity contribution in [3.8, 4) is 0 Å². The van der Waals surface area contributed by atoms with Crippen LogP contribution in [0.1, 0.15) is 17.7 Å². The molecular weight excluding hydrogens is 270 g/mol. The van der Waals surface area contributed by atoms with Gasteiger partial charge in [0.1, 0.15) is 5.78 Å². The summed E-state index contributed by atoms with van der Waals surface area (Å²) in [6, 6.07) is 7.66. The van der Waals surface area contributed by atoms with Crippen LogP contribution in [0.15, 0.2) is 42.0 Å². The number of hydrogen-bond donors (Lipinski definition) is 1. The van der Waals surface area contributed by atoms with Gasteiger partial charge in [0, 0.05) is 29.9 Å². The van der Waals surface area contributed by atoms with Gasteiger partial charge in [0.15, 0.2) is 4.96 Å². The molecule has 3 rings (SSSR count). The number of nitrogens with zero attached hydrogens (tertiary/aromatic N) is 2. The molecule has 3 aromatic rings. The zero-order valence-corrected chi connectivity index (χ0v) is 11.8. The summed E-state index contributed by atoms with van der Waals surface area (Å²) in [4.78, 5) is 17.3. The molecule has 0 unspecified atom stereocenters. The average molecular weight is 285 g/mol. The van der Waals surface area contributed by atoms with Crippen molar-refractivity contribution in [1.29, 1.82) is 0 Å². The van der Waals surface area contributed by atoms with Crippen molar-refractivity contribution in [2.24, 2.45) is 0 Å². The van der Waals surface area contributed by atoms with E-state index in [4.69, 9.17) is 5.73 Å². The highest BCUT2D eigenvalue weighted by Crippen LogP contribution is 2.13. The second-order valence-corrected chi connectivity index (χ2v) is 5.66. The molecule has 0 aliphatic heterocycles. The number of aryl methyl sites for hydroxylation is 1. The zero-order valence-electron chi connectivity index (χ0n) is 11.0. The Morgan fingerprint density at radius 2 is 2.10 bits per heavy atom. The van der Waals surface area contributed by atoms with Gasteiger partial charge in [-0.1, -0.05) is 12.1 Å². The van der Waals surface area contributed by atoms with Gasteiger partial charge < -0.3 is 5.73 Å². The maximum Gasteiger partial charge on any atom is 0.193 e. The first-order chi connectivity index (χ1) is 9.70. The highest BCUT2D eigenvalue weighted by molar-refractivity contribution is 7.15. The highest BCUT2D eigenvalue weighted by atomic mass is 32.1. The smallest absolute Gasteiger partial charge is 0.193 e. The minimum atomic E-state index is 0.215. The molecule has 102 valence electrons. The molecule has 0 saturated carbocycles. The predicted molar refractivity (Wildman–Crippen MR) is 81.0 cm³/mol. The van der Waals surface area contributed by atoms with Crippen molar-refractivity contribution in [3.63, 3.8) is 0 Å². The molecular formula is C15H15N3OS. The third-order valence-corrected chi connectivity index (χ3v) is 3.96. The quantitative estimate of drug-likeness (QED) is 0.733. The lowest BCUT2D eigenvalue weighted by Gasteiger charge is -2.01. The molecule has 0 atom stereocenters. The Labute approximate surface area is 120 Å². The molecule has 0 saturated heterocycles. The fourth-order valence-electron chi connectivity index (χ4n) is 2.12. The summed E-state index contributed by atoms with van der Waals surface area (Å²) in [7, 11) is 0. The molecule has 20 heavy (non-hydrogen) atoms. The van der Waals surface area contributed by atoms with Crippen LogP contribution in [0.5, 0.6) is 0 Å². The van der Waals surface area contributed by atoms with Gasteiger partial charge in [-0.25, -0.2) is 4.98 Å². The predicted octanol–water partition coefficient (Wildman–Crippen LogP) is 2.72. The Morgan fingerprint density at radius 1 is 1.30 bits per heavy atom. The van der Waals surface area contributed by atoms with Crippen LogP contribution in [0, 0.1) is 0 Å². The van der Waals surface area contributed by atoms with Crippen molar-refractivity contribution in [2.75, 3.05) is 5.73 Å². The number of carbonyl (C=O) groups is 1. The van der Waals surface area contributed by atoms with E-state index in [-0.39, 0.29) is 5.78 Å². The van der Waals surface area contributed by atoms with Crippen molar-refractivity contribution in [1.82, 2.24) is 9.38 Å². The SMILES string of the molecule is Nc1ccc(CCC(=O)Cc2cn3ccsc3n2)cc1. The van der Waals surface area contributed by atoms with Crippen LogP contribution in [0.3, 0.4) is 0 Å². The Hall–Kier alpha value is -2.14. The van der Waals surface area contributed by atoms with Crippen molar-refractivity contribution in [2.45, 2.75) is 19.3 Å². The summed E-state index contributed by atoms with van der Waals surface area (Å²) < 4.78 is 1.95. The number of anilines is 1. The number of thiazole rings is 1. The molecule has 2 heterocycles. The van der Waals surface area contributed by atoms with Crippen molar-refractivity contribution >= 4 is 27.8 Å². The van der Waals surface area contributed by atoms with Crippen LogP contribution in [-0.2, 0) is 17.6 Å². The molecule has 4 nitrogen and oxygen atoms in total. The van der Waals surface area contributed by atoms with Crippen LogP contribution < -0.4 is 5.73 Å². The molecule has 0 amide bonds. The Morgan fingerprint density at radius 3 is 2.85 bits per heavy atom. The fourth-order valence-corrected chi connectivity index (χ4v) is 2.84. The molecule has 0 bridgehead atoms. The van der Waals surface area contributed by atoms with Gasteiger partial charge in [0.25, 0.3) is 0 Å². The molecule has 5 heteroatoms. The van der Waals surface area contributed by atoms with E-state index in [9.17, 15) is 4.79 Å². The average Bonchev–Trinajstić information content (AvgIpc) is 2.99. The monoisotopic (exact) mass is 285 g/mol. The maximum atomic E-state index is 12.0. The molecule has 0 spiro atoms. The van der Waals surface area contributed by atoms with Crippen LogP contribution in [0.4, 0.5) is 5.69 Å². The molecule has 2 N–H and O–H groups in total. The Balaban J connectivity index is 1.57. The van der Waals surface area contributed by atoms with E-state index in [2.05, 4.69) is 4.98 Å². The minimum absolute atomic E-state index is 0.215. The first kappa shape index (κ1) is 12.9. The summed E-state index contributed by atoms with van der Waals surface area (Å²) in [5, 5.41) is 1.98. The second-order valence-electron chi connectivity index (χ2n) is 4.78. The molecule has 0 aliphatic carbocycles. The fraction of sp³-hybridized carbons (Fsp3) is 0.200.